The van der Waals surface area contributed by atoms with E-state index in [1.54, 1.807) is 20.8 Å². The minimum absolute atomic E-state index is 0. The molecular weight excluding hydrogens is 407 g/mol. The van der Waals surface area contributed by atoms with Crippen molar-refractivity contribution in [3.05, 3.63) is 29.8 Å². The van der Waals surface area contributed by atoms with Crippen LogP contribution in [0.4, 0.5) is 0 Å². The Kier molecular flexibility index (Phi) is 38.5. The van der Waals surface area contributed by atoms with E-state index in [0.29, 0.717) is 0 Å². The van der Waals surface area contributed by atoms with E-state index >= 15 is 0 Å². The Bertz CT molecular complexity index is 196. The molecule has 0 heterocycles. The Labute approximate surface area is 137 Å². The van der Waals surface area contributed by atoms with Crippen molar-refractivity contribution in [3.8, 4) is 0 Å². The fraction of sp³-hybridized carbons (Fsp3) is 0.667. The van der Waals surface area contributed by atoms with Crippen molar-refractivity contribution in [2.24, 2.45) is 0 Å². The molecule has 19 heavy (non-hydrogen) atoms. The van der Waals surface area contributed by atoms with Crippen molar-refractivity contribution in [3.63, 3.8) is 0 Å². The van der Waals surface area contributed by atoms with Crippen molar-refractivity contribution in [2.45, 2.75) is 47.0 Å². The van der Waals surface area contributed by atoms with Crippen molar-refractivity contribution in [1.29, 1.82) is 0 Å². The molecule has 0 aliphatic heterocycles. The number of rotatable bonds is 2. The van der Waals surface area contributed by atoms with Gasteiger partial charge in [0.1, 0.15) is 0 Å². The average Bonchev–Trinajstić information content (AvgIpc) is 2.85. The van der Waals surface area contributed by atoms with Crippen LogP contribution in [-0.4, -0.2) is 19.8 Å². The van der Waals surface area contributed by atoms with Gasteiger partial charge in [0.05, 0.1) is 0 Å². The zero-order valence-electron chi connectivity index (χ0n) is 12.9. The SMILES string of the molecule is CCC(C)[c-]1cccc1.CC[O-].CC[O-].CC[O-].[Hf+4]. The smallest absolute Gasteiger partial charge is 0.855 e. The molecule has 4 heteroatoms. The zero-order valence-corrected chi connectivity index (χ0v) is 16.5. The fourth-order valence-electron chi connectivity index (χ4n) is 0.953. The normalized spacial score (nSPS) is 9.26. The molecule has 110 valence electrons. The Morgan fingerprint density at radius 1 is 0.842 bits per heavy atom. The summed E-state index contributed by atoms with van der Waals surface area (Å²) in [5.74, 6) is 0.736. The quantitative estimate of drug-likeness (QED) is 0.515. The van der Waals surface area contributed by atoms with Crippen molar-refractivity contribution >= 4 is 0 Å². The van der Waals surface area contributed by atoms with Crippen LogP contribution in [0.2, 0.25) is 0 Å². The third-order valence-electron chi connectivity index (χ3n) is 1.87. The van der Waals surface area contributed by atoms with E-state index in [4.69, 9.17) is 15.3 Å². The predicted molar refractivity (Wildman–Crippen MR) is 72.4 cm³/mol. The molecule has 0 aliphatic rings. The Morgan fingerprint density at radius 2 is 1.11 bits per heavy atom. The second-order valence-corrected chi connectivity index (χ2v) is 3.39. The van der Waals surface area contributed by atoms with E-state index in [-0.39, 0.29) is 45.7 Å². The summed E-state index contributed by atoms with van der Waals surface area (Å²) in [5.41, 5.74) is 1.47. The van der Waals surface area contributed by atoms with Gasteiger partial charge in [0.25, 0.3) is 0 Å². The Balaban J connectivity index is -0.0000000956. The number of hydrogen-bond acceptors (Lipinski definition) is 3. The second-order valence-electron chi connectivity index (χ2n) is 3.39. The van der Waals surface area contributed by atoms with E-state index in [0.717, 1.165) is 5.92 Å². The molecule has 0 spiro atoms. The molecule has 0 amide bonds. The monoisotopic (exact) mass is 436 g/mol. The third kappa shape index (κ3) is 27.3. The van der Waals surface area contributed by atoms with E-state index < -0.39 is 0 Å². The van der Waals surface area contributed by atoms with Gasteiger partial charge in [-0.3, -0.25) is 0 Å². The summed E-state index contributed by atoms with van der Waals surface area (Å²) in [6.07, 6.45) is 1.24. The van der Waals surface area contributed by atoms with Crippen LogP contribution < -0.4 is 15.3 Å². The molecule has 1 aromatic carbocycles. The summed E-state index contributed by atoms with van der Waals surface area (Å²) >= 11 is 0. The van der Waals surface area contributed by atoms with E-state index in [1.807, 2.05) is 0 Å². The minimum atomic E-state index is 0. The fourth-order valence-corrected chi connectivity index (χ4v) is 0.953. The van der Waals surface area contributed by atoms with Crippen LogP contribution in [0, 0.1) is 0 Å². The molecule has 0 bridgehead atoms. The molecule has 0 aromatic heterocycles. The molecule has 0 saturated heterocycles. The summed E-state index contributed by atoms with van der Waals surface area (Å²) in [6, 6.07) is 8.57. The van der Waals surface area contributed by atoms with Gasteiger partial charge in [0.15, 0.2) is 0 Å². The third-order valence-corrected chi connectivity index (χ3v) is 1.87. The van der Waals surface area contributed by atoms with Crippen molar-refractivity contribution in [1.82, 2.24) is 0 Å². The topological polar surface area (TPSA) is 69.2 Å². The maximum Gasteiger partial charge on any atom is 4.00 e. The largest absolute Gasteiger partial charge is 4.00 e. The van der Waals surface area contributed by atoms with Gasteiger partial charge in [-0.2, -0.15) is 17.7 Å². The summed E-state index contributed by atoms with van der Waals surface area (Å²) in [6.45, 7) is 9.19. The summed E-state index contributed by atoms with van der Waals surface area (Å²) < 4.78 is 0. The van der Waals surface area contributed by atoms with E-state index in [1.165, 1.54) is 12.0 Å². The van der Waals surface area contributed by atoms with Gasteiger partial charge in [0, 0.05) is 0 Å². The van der Waals surface area contributed by atoms with Crippen LogP contribution in [0.3, 0.4) is 0 Å². The average molecular weight is 435 g/mol. The zero-order chi connectivity index (χ0) is 14.8. The van der Waals surface area contributed by atoms with Gasteiger partial charge < -0.3 is 15.3 Å². The molecule has 1 aromatic rings. The molecule has 1 rings (SSSR count). The van der Waals surface area contributed by atoms with Gasteiger partial charge in [-0.05, 0) is 0 Å². The molecule has 3 nitrogen and oxygen atoms in total. The first-order valence-electron chi connectivity index (χ1n) is 6.55. The Morgan fingerprint density at radius 3 is 1.32 bits per heavy atom. The van der Waals surface area contributed by atoms with Gasteiger partial charge in [-0.1, -0.05) is 47.0 Å². The van der Waals surface area contributed by atoms with Crippen LogP contribution in [0.25, 0.3) is 0 Å². The van der Waals surface area contributed by atoms with Crippen LogP contribution in [0.1, 0.15) is 52.5 Å². The van der Waals surface area contributed by atoms with E-state index in [9.17, 15) is 0 Å². The molecule has 0 saturated carbocycles. The van der Waals surface area contributed by atoms with Crippen molar-refractivity contribution < 1.29 is 41.2 Å². The molecule has 1 atom stereocenters. The maximum absolute atomic E-state index is 8.93. The van der Waals surface area contributed by atoms with Crippen LogP contribution >= 0.6 is 0 Å². The van der Waals surface area contributed by atoms with Crippen LogP contribution in [0.15, 0.2) is 24.3 Å². The summed E-state index contributed by atoms with van der Waals surface area (Å²) in [7, 11) is 0. The molecule has 0 N–H and O–H groups in total. The van der Waals surface area contributed by atoms with Gasteiger partial charge in [-0.25, -0.2) is 12.1 Å². The first kappa shape index (κ1) is 27.4. The first-order valence-corrected chi connectivity index (χ1v) is 6.55. The van der Waals surface area contributed by atoms with Crippen LogP contribution in [-0.2, 0) is 25.8 Å². The van der Waals surface area contributed by atoms with Crippen molar-refractivity contribution in [2.75, 3.05) is 19.8 Å². The summed E-state index contributed by atoms with van der Waals surface area (Å²) in [5, 5.41) is 26.8. The first-order chi connectivity index (χ1) is 8.59. The number of hydrogen-bond donors (Lipinski definition) is 0. The standard InChI is InChI=1S/C9H13.3C2H5O.Hf/c1-3-8(2)9-6-4-5-7-9;3*1-2-3;/h4-8H,3H2,1-2H3;3*2H2,1H3;/q4*-1;+4. The molecule has 1 unspecified atom stereocenters. The van der Waals surface area contributed by atoms with Gasteiger partial charge >= 0.3 is 25.8 Å². The molecule has 0 aliphatic carbocycles. The molecular formula is C15H28HfO3. The Hall–Kier alpha value is 0.100. The van der Waals surface area contributed by atoms with E-state index in [2.05, 4.69) is 38.1 Å². The maximum atomic E-state index is 8.93. The second kappa shape index (κ2) is 26.6. The predicted octanol–water partition coefficient (Wildman–Crippen LogP) is 1.02. The van der Waals surface area contributed by atoms with Gasteiger partial charge in [-0.15, -0.1) is 19.8 Å². The minimum Gasteiger partial charge on any atom is -0.855 e. The molecule has 0 fully saturated rings. The van der Waals surface area contributed by atoms with Crippen LogP contribution in [0.5, 0.6) is 0 Å². The molecule has 0 radical (unpaired) electrons. The summed E-state index contributed by atoms with van der Waals surface area (Å²) in [4.78, 5) is 0. The van der Waals surface area contributed by atoms with Gasteiger partial charge in [0.2, 0.25) is 0 Å².